The molecule has 0 atom stereocenters. The molecule has 4 rings (SSSR count). The zero-order valence-corrected chi connectivity index (χ0v) is 15.3. The molecule has 7 heteroatoms. The van der Waals surface area contributed by atoms with E-state index in [-0.39, 0.29) is 34.9 Å². The van der Waals surface area contributed by atoms with Crippen LogP contribution in [-0.2, 0) is 4.74 Å². The highest BCUT2D eigenvalue weighted by molar-refractivity contribution is 5.94. The number of nitrogens with zero attached hydrogens (tertiary/aromatic N) is 1. The SMILES string of the molecule is CCOC(=O)c1cn(C2CC2)c2c(F)c(Oc3ccccc3N)ccc2c1=O. The summed E-state index contributed by atoms with van der Waals surface area (Å²) >= 11 is 0. The third-order valence-corrected chi connectivity index (χ3v) is 4.67. The van der Waals surface area contributed by atoms with Gasteiger partial charge in [0.2, 0.25) is 5.43 Å². The lowest BCUT2D eigenvalue weighted by molar-refractivity contribution is 0.0524. The van der Waals surface area contributed by atoms with Crippen LogP contribution in [0.3, 0.4) is 0 Å². The summed E-state index contributed by atoms with van der Waals surface area (Å²) in [6.45, 7) is 1.82. The van der Waals surface area contributed by atoms with Gasteiger partial charge in [-0.3, -0.25) is 4.79 Å². The van der Waals surface area contributed by atoms with Crippen LogP contribution in [0.25, 0.3) is 10.9 Å². The summed E-state index contributed by atoms with van der Waals surface area (Å²) < 4.78 is 27.6. The molecule has 0 bridgehead atoms. The van der Waals surface area contributed by atoms with Crippen molar-refractivity contribution in [3.8, 4) is 11.5 Å². The fraction of sp³-hybridized carbons (Fsp3) is 0.238. The molecule has 1 saturated carbocycles. The Labute approximate surface area is 160 Å². The zero-order valence-electron chi connectivity index (χ0n) is 15.3. The molecule has 1 aliphatic carbocycles. The van der Waals surface area contributed by atoms with Gasteiger partial charge in [-0.2, -0.15) is 0 Å². The second-order valence-electron chi connectivity index (χ2n) is 6.64. The maximum Gasteiger partial charge on any atom is 0.343 e. The van der Waals surface area contributed by atoms with Gasteiger partial charge in [0.1, 0.15) is 11.3 Å². The maximum atomic E-state index is 15.4. The van der Waals surface area contributed by atoms with E-state index in [1.165, 1.54) is 18.3 Å². The van der Waals surface area contributed by atoms with E-state index in [9.17, 15) is 9.59 Å². The van der Waals surface area contributed by atoms with Crippen LogP contribution >= 0.6 is 0 Å². The smallest absolute Gasteiger partial charge is 0.343 e. The number of carbonyl (C=O) groups is 1. The molecule has 1 fully saturated rings. The summed E-state index contributed by atoms with van der Waals surface area (Å²) in [7, 11) is 0. The number of hydrogen-bond acceptors (Lipinski definition) is 5. The van der Waals surface area contributed by atoms with Crippen molar-refractivity contribution in [2.45, 2.75) is 25.8 Å². The van der Waals surface area contributed by atoms with Crippen molar-refractivity contribution in [3.05, 3.63) is 64.2 Å². The van der Waals surface area contributed by atoms with Crippen molar-refractivity contribution in [2.75, 3.05) is 12.3 Å². The van der Waals surface area contributed by atoms with Crippen molar-refractivity contribution in [1.29, 1.82) is 0 Å². The predicted molar refractivity (Wildman–Crippen MR) is 103 cm³/mol. The highest BCUT2D eigenvalue weighted by atomic mass is 19.1. The number of halogens is 1. The number of carbonyl (C=O) groups excluding carboxylic acids is 1. The fourth-order valence-electron chi connectivity index (χ4n) is 3.15. The lowest BCUT2D eigenvalue weighted by Gasteiger charge is -2.15. The highest BCUT2D eigenvalue weighted by Crippen LogP contribution is 2.39. The zero-order chi connectivity index (χ0) is 19.8. The average molecular weight is 382 g/mol. The minimum Gasteiger partial charge on any atom is -0.462 e. The number of ether oxygens (including phenoxy) is 2. The van der Waals surface area contributed by atoms with E-state index in [1.807, 2.05) is 0 Å². The van der Waals surface area contributed by atoms with E-state index >= 15 is 4.39 Å². The molecule has 2 aromatic carbocycles. The lowest BCUT2D eigenvalue weighted by atomic mass is 10.1. The van der Waals surface area contributed by atoms with Crippen LogP contribution in [0.2, 0.25) is 0 Å². The molecular formula is C21H19FN2O4. The molecule has 6 nitrogen and oxygen atoms in total. The Bertz CT molecular complexity index is 1140. The summed E-state index contributed by atoms with van der Waals surface area (Å²) in [5, 5.41) is 0.114. The third kappa shape index (κ3) is 3.09. The molecule has 0 unspecified atom stereocenters. The van der Waals surface area contributed by atoms with Gasteiger partial charge in [-0.25, -0.2) is 9.18 Å². The van der Waals surface area contributed by atoms with Crippen molar-refractivity contribution >= 4 is 22.6 Å². The van der Waals surface area contributed by atoms with E-state index in [1.54, 1.807) is 35.8 Å². The van der Waals surface area contributed by atoms with Crippen LogP contribution in [0.15, 0.2) is 47.4 Å². The molecule has 0 radical (unpaired) electrons. The number of para-hydroxylation sites is 2. The van der Waals surface area contributed by atoms with E-state index in [4.69, 9.17) is 15.2 Å². The number of anilines is 1. The molecule has 1 aromatic heterocycles. The van der Waals surface area contributed by atoms with E-state index in [0.717, 1.165) is 12.8 Å². The number of esters is 1. The van der Waals surface area contributed by atoms with E-state index in [0.29, 0.717) is 11.4 Å². The van der Waals surface area contributed by atoms with Gasteiger partial charge in [0.05, 0.1) is 17.8 Å². The Hall–Kier alpha value is -3.35. The van der Waals surface area contributed by atoms with Crippen LogP contribution in [0.5, 0.6) is 11.5 Å². The number of nitrogens with two attached hydrogens (primary N) is 1. The summed E-state index contributed by atoms with van der Waals surface area (Å²) in [6.07, 6.45) is 3.08. The van der Waals surface area contributed by atoms with Gasteiger partial charge in [0, 0.05) is 17.6 Å². The monoisotopic (exact) mass is 382 g/mol. The largest absolute Gasteiger partial charge is 0.462 e. The number of nitrogen functional groups attached to an aromatic ring is 1. The quantitative estimate of drug-likeness (QED) is 0.532. The van der Waals surface area contributed by atoms with Gasteiger partial charge in [-0.15, -0.1) is 0 Å². The standard InChI is InChI=1S/C21H19FN2O4/c1-2-27-21(26)14-11-24(12-7-8-12)19-13(20(14)25)9-10-17(18(19)22)28-16-6-4-3-5-15(16)23/h3-6,9-12H,2,7-8,23H2,1H3. The Kier molecular flexibility index (Phi) is 4.50. The van der Waals surface area contributed by atoms with Gasteiger partial charge in [0.25, 0.3) is 0 Å². The van der Waals surface area contributed by atoms with E-state index < -0.39 is 17.2 Å². The third-order valence-electron chi connectivity index (χ3n) is 4.67. The van der Waals surface area contributed by atoms with Gasteiger partial charge >= 0.3 is 5.97 Å². The summed E-state index contributed by atoms with van der Waals surface area (Å²) in [5.41, 5.74) is 5.71. The average Bonchev–Trinajstić information content (AvgIpc) is 3.51. The van der Waals surface area contributed by atoms with E-state index in [2.05, 4.69) is 0 Å². The summed E-state index contributed by atoms with van der Waals surface area (Å²) in [4.78, 5) is 24.9. The normalized spacial score (nSPS) is 13.5. The molecule has 0 saturated heterocycles. The molecule has 0 amide bonds. The van der Waals surface area contributed by atoms with Crippen molar-refractivity contribution in [1.82, 2.24) is 4.57 Å². The Morgan fingerprint density at radius 2 is 1.96 bits per heavy atom. The minimum absolute atomic E-state index is 0.0304. The summed E-state index contributed by atoms with van der Waals surface area (Å²) in [6, 6.07) is 9.64. The number of aromatic nitrogens is 1. The predicted octanol–water partition coefficient (Wildman–Crippen LogP) is 4.03. The second-order valence-corrected chi connectivity index (χ2v) is 6.64. The van der Waals surface area contributed by atoms with Crippen LogP contribution < -0.4 is 15.9 Å². The first kappa shape index (κ1) is 18.0. The molecule has 28 heavy (non-hydrogen) atoms. The van der Waals surface area contributed by atoms with Crippen molar-refractivity contribution < 1.29 is 18.7 Å². The number of hydrogen-bond donors (Lipinski definition) is 1. The van der Waals surface area contributed by atoms with Gasteiger partial charge in [-0.1, -0.05) is 12.1 Å². The molecule has 144 valence electrons. The van der Waals surface area contributed by atoms with Gasteiger partial charge < -0.3 is 19.8 Å². The molecule has 0 aliphatic heterocycles. The first-order valence-corrected chi connectivity index (χ1v) is 9.08. The first-order valence-electron chi connectivity index (χ1n) is 9.08. The molecular weight excluding hydrogens is 363 g/mol. The molecule has 0 spiro atoms. The Balaban J connectivity index is 1.89. The molecule has 2 N–H and O–H groups in total. The summed E-state index contributed by atoms with van der Waals surface area (Å²) in [5.74, 6) is -1.09. The van der Waals surface area contributed by atoms with Crippen LogP contribution in [-0.4, -0.2) is 17.1 Å². The number of benzene rings is 2. The first-order chi connectivity index (χ1) is 13.5. The Morgan fingerprint density at radius 1 is 1.21 bits per heavy atom. The maximum absolute atomic E-state index is 15.4. The van der Waals surface area contributed by atoms with Crippen molar-refractivity contribution in [2.24, 2.45) is 0 Å². The Morgan fingerprint density at radius 3 is 2.64 bits per heavy atom. The van der Waals surface area contributed by atoms with Gasteiger partial charge in [0.15, 0.2) is 11.6 Å². The highest BCUT2D eigenvalue weighted by Gasteiger charge is 2.29. The van der Waals surface area contributed by atoms with Crippen LogP contribution in [0, 0.1) is 5.82 Å². The van der Waals surface area contributed by atoms with Crippen LogP contribution in [0.1, 0.15) is 36.2 Å². The topological polar surface area (TPSA) is 83.6 Å². The molecule has 1 aliphatic rings. The number of rotatable bonds is 5. The second kappa shape index (κ2) is 6.99. The van der Waals surface area contributed by atoms with Crippen molar-refractivity contribution in [3.63, 3.8) is 0 Å². The lowest BCUT2D eigenvalue weighted by Crippen LogP contribution is -2.21. The fourth-order valence-corrected chi connectivity index (χ4v) is 3.15. The van der Waals surface area contributed by atoms with Gasteiger partial charge in [-0.05, 0) is 44.0 Å². The minimum atomic E-state index is -0.707. The number of fused-ring (bicyclic) bond motifs is 1. The molecule has 1 heterocycles. The number of pyridine rings is 1. The van der Waals surface area contributed by atoms with Crippen LogP contribution in [0.4, 0.5) is 10.1 Å². The molecule has 3 aromatic rings.